The van der Waals surface area contributed by atoms with Gasteiger partial charge >= 0.3 is 6.18 Å². The summed E-state index contributed by atoms with van der Waals surface area (Å²) in [6, 6.07) is 5.96. The summed E-state index contributed by atoms with van der Waals surface area (Å²) in [4.78, 5) is 11.2. The lowest BCUT2D eigenvalue weighted by Gasteiger charge is -2.14. The van der Waals surface area contributed by atoms with Gasteiger partial charge in [-0.1, -0.05) is 17.7 Å². The molecule has 1 aliphatic rings. The minimum Gasteiger partial charge on any atom is -0.453 e. The smallest absolute Gasteiger partial charge is 0.416 e. The summed E-state index contributed by atoms with van der Waals surface area (Å²) in [6.07, 6.45) is -2.98. The molecule has 1 aliphatic carbocycles. The van der Waals surface area contributed by atoms with Crippen molar-refractivity contribution >= 4 is 17.5 Å². The number of amides is 1. The van der Waals surface area contributed by atoms with Gasteiger partial charge in [0.2, 0.25) is 5.91 Å². The quantitative estimate of drug-likeness (QED) is 0.733. The van der Waals surface area contributed by atoms with Crippen LogP contribution < -0.4 is 10.5 Å². The molecule has 0 saturated carbocycles. The molecule has 0 bridgehead atoms. The van der Waals surface area contributed by atoms with E-state index in [1.54, 1.807) is 18.2 Å². The van der Waals surface area contributed by atoms with Crippen LogP contribution >= 0.6 is 11.6 Å². The molecule has 0 radical (unpaired) electrons. The third-order valence-electron chi connectivity index (χ3n) is 4.31. The summed E-state index contributed by atoms with van der Waals surface area (Å²) >= 11 is 5.78. The van der Waals surface area contributed by atoms with Gasteiger partial charge in [-0.05, 0) is 54.2 Å². The Morgan fingerprint density at radius 1 is 1.27 bits per heavy atom. The van der Waals surface area contributed by atoms with Gasteiger partial charge in [-0.3, -0.25) is 4.79 Å². The average molecular weight is 388 g/mol. The number of nitrogens with two attached hydrogens (primary N) is 1. The number of hydrogen-bond donors (Lipinski definition) is 1. The van der Waals surface area contributed by atoms with Crippen LogP contribution in [0.15, 0.2) is 30.3 Å². The van der Waals surface area contributed by atoms with Crippen molar-refractivity contribution in [2.24, 2.45) is 5.73 Å². The van der Waals surface area contributed by atoms with E-state index in [2.05, 4.69) is 0 Å². The summed E-state index contributed by atoms with van der Waals surface area (Å²) in [5.41, 5.74) is 5.95. The number of fused-ring (bicyclic) bond motifs is 1. The highest BCUT2D eigenvalue weighted by Gasteiger charge is 2.33. The Morgan fingerprint density at radius 3 is 2.62 bits per heavy atom. The van der Waals surface area contributed by atoms with Crippen LogP contribution in [0.1, 0.15) is 35.4 Å². The highest BCUT2D eigenvalue weighted by atomic mass is 35.5. The van der Waals surface area contributed by atoms with Crippen molar-refractivity contribution in [2.45, 2.75) is 31.4 Å². The molecule has 0 heterocycles. The molecular formula is C18H14ClF4NO2. The van der Waals surface area contributed by atoms with E-state index < -0.39 is 34.2 Å². The first-order valence-electron chi connectivity index (χ1n) is 7.80. The predicted octanol–water partition coefficient (Wildman–Crippen LogP) is 5.20. The number of primary amides is 1. The van der Waals surface area contributed by atoms with Gasteiger partial charge in [0.25, 0.3) is 0 Å². The number of carbonyl (C=O) groups is 1. The Hall–Kier alpha value is -2.28. The van der Waals surface area contributed by atoms with Crippen LogP contribution in [0.5, 0.6) is 11.5 Å². The molecule has 3 nitrogen and oxygen atoms in total. The fourth-order valence-electron chi connectivity index (χ4n) is 3.12. The van der Waals surface area contributed by atoms with Crippen LogP contribution in [-0.4, -0.2) is 5.91 Å². The lowest BCUT2D eigenvalue weighted by Crippen LogP contribution is -2.14. The number of alkyl halides is 3. The highest BCUT2D eigenvalue weighted by molar-refractivity contribution is 6.32. The summed E-state index contributed by atoms with van der Waals surface area (Å²) in [5, 5.41) is -0.480. The third-order valence-corrected chi connectivity index (χ3v) is 4.59. The molecule has 1 atom stereocenters. The fourth-order valence-corrected chi connectivity index (χ4v) is 3.37. The highest BCUT2D eigenvalue weighted by Crippen LogP contribution is 2.41. The molecular weight excluding hydrogens is 374 g/mol. The van der Waals surface area contributed by atoms with Gasteiger partial charge < -0.3 is 10.5 Å². The fraction of sp³-hybridized carbons (Fsp3) is 0.278. The Kier molecular flexibility index (Phi) is 4.84. The largest absolute Gasteiger partial charge is 0.453 e. The maximum atomic E-state index is 14.1. The van der Waals surface area contributed by atoms with E-state index in [-0.39, 0.29) is 18.1 Å². The van der Waals surface area contributed by atoms with Gasteiger partial charge in [-0.15, -0.1) is 0 Å². The zero-order valence-electron chi connectivity index (χ0n) is 13.4. The van der Waals surface area contributed by atoms with Crippen LogP contribution in [0.4, 0.5) is 17.6 Å². The summed E-state index contributed by atoms with van der Waals surface area (Å²) in [6.45, 7) is 0. The van der Waals surface area contributed by atoms with E-state index >= 15 is 0 Å². The molecule has 1 amide bonds. The Morgan fingerprint density at radius 2 is 2.00 bits per heavy atom. The van der Waals surface area contributed by atoms with Crippen LogP contribution in [-0.2, 0) is 17.4 Å². The number of benzene rings is 2. The first-order valence-corrected chi connectivity index (χ1v) is 8.18. The average Bonchev–Trinajstić information content (AvgIpc) is 2.91. The first-order chi connectivity index (χ1) is 12.1. The summed E-state index contributed by atoms with van der Waals surface area (Å²) < 4.78 is 57.6. The lowest BCUT2D eigenvalue weighted by molar-refractivity contribution is -0.137. The van der Waals surface area contributed by atoms with Crippen molar-refractivity contribution in [3.63, 3.8) is 0 Å². The molecule has 3 rings (SSSR count). The van der Waals surface area contributed by atoms with Gasteiger partial charge in [-0.2, -0.15) is 13.2 Å². The number of halogens is 5. The van der Waals surface area contributed by atoms with Gasteiger partial charge in [0, 0.05) is 6.42 Å². The summed E-state index contributed by atoms with van der Waals surface area (Å²) in [5.74, 6) is -1.95. The Bertz CT molecular complexity index is 844. The van der Waals surface area contributed by atoms with Crippen LogP contribution in [0.25, 0.3) is 0 Å². The van der Waals surface area contributed by atoms with E-state index in [9.17, 15) is 22.4 Å². The second-order valence-electron chi connectivity index (χ2n) is 6.14. The predicted molar refractivity (Wildman–Crippen MR) is 87.8 cm³/mol. The maximum Gasteiger partial charge on any atom is 0.416 e. The molecule has 2 aromatic rings. The number of hydrogen-bond acceptors (Lipinski definition) is 2. The summed E-state index contributed by atoms with van der Waals surface area (Å²) in [7, 11) is 0. The van der Waals surface area contributed by atoms with Crippen molar-refractivity contribution in [1.82, 2.24) is 0 Å². The number of rotatable bonds is 4. The second-order valence-corrected chi connectivity index (χ2v) is 6.54. The molecule has 8 heteroatoms. The van der Waals surface area contributed by atoms with Gasteiger partial charge in [0.1, 0.15) is 5.75 Å². The lowest BCUT2D eigenvalue weighted by atomic mass is 9.97. The standard InChI is InChI=1S/C18H14ClF4NO2/c19-14-6-11(18(21,22)23)7-15(20)17(14)26-12-4-3-9-1-2-10(5-16(24)25)13(9)8-12/h3-4,6-8,10H,1-2,5H2,(H2,24,25)/t10-/m1/s1. The molecule has 0 aliphatic heterocycles. The van der Waals surface area contributed by atoms with E-state index in [0.29, 0.717) is 12.1 Å². The van der Waals surface area contributed by atoms with Gasteiger partial charge in [-0.25, -0.2) is 4.39 Å². The van der Waals surface area contributed by atoms with E-state index in [4.69, 9.17) is 22.1 Å². The van der Waals surface area contributed by atoms with Crippen molar-refractivity contribution in [3.8, 4) is 11.5 Å². The molecule has 2 aromatic carbocycles. The Balaban J connectivity index is 1.90. The zero-order valence-corrected chi connectivity index (χ0v) is 14.1. The van der Waals surface area contributed by atoms with E-state index in [1.807, 2.05) is 0 Å². The maximum absolute atomic E-state index is 14.1. The first kappa shape index (κ1) is 18.5. The van der Waals surface area contributed by atoms with Crippen molar-refractivity contribution in [3.05, 3.63) is 57.9 Å². The molecule has 0 spiro atoms. The van der Waals surface area contributed by atoms with Crippen molar-refractivity contribution in [1.29, 1.82) is 0 Å². The van der Waals surface area contributed by atoms with Crippen molar-refractivity contribution < 1.29 is 27.1 Å². The van der Waals surface area contributed by atoms with E-state index in [1.165, 1.54) is 0 Å². The molecule has 138 valence electrons. The topological polar surface area (TPSA) is 52.3 Å². The van der Waals surface area contributed by atoms with Crippen molar-refractivity contribution in [2.75, 3.05) is 0 Å². The molecule has 26 heavy (non-hydrogen) atoms. The molecule has 0 aromatic heterocycles. The molecule has 0 fully saturated rings. The van der Waals surface area contributed by atoms with Gasteiger partial charge in [0.05, 0.1) is 10.6 Å². The second kappa shape index (κ2) is 6.79. The third kappa shape index (κ3) is 3.77. The minimum absolute atomic E-state index is 0.0565. The van der Waals surface area contributed by atoms with Crippen LogP contribution in [0, 0.1) is 5.82 Å². The number of aryl methyl sites for hydroxylation is 1. The number of ether oxygens (including phenoxy) is 1. The van der Waals surface area contributed by atoms with Crippen LogP contribution in [0.3, 0.4) is 0 Å². The normalized spacial score (nSPS) is 16.4. The van der Waals surface area contributed by atoms with Crippen LogP contribution in [0.2, 0.25) is 5.02 Å². The molecule has 0 saturated heterocycles. The zero-order chi connectivity index (χ0) is 19.1. The molecule has 0 unspecified atom stereocenters. The SMILES string of the molecule is NC(=O)C[C@H]1CCc2ccc(Oc3c(F)cc(C(F)(F)F)cc3Cl)cc21. The van der Waals surface area contributed by atoms with Gasteiger partial charge in [0.15, 0.2) is 11.6 Å². The Labute approximate surface area is 151 Å². The molecule has 2 N–H and O–H groups in total. The number of carbonyl (C=O) groups excluding carboxylic acids is 1. The minimum atomic E-state index is -4.71. The monoisotopic (exact) mass is 387 g/mol. The van der Waals surface area contributed by atoms with E-state index in [0.717, 1.165) is 24.0 Å².